The molecule has 31 heavy (non-hydrogen) atoms. The molecule has 1 amide bonds. The summed E-state index contributed by atoms with van der Waals surface area (Å²) in [6, 6.07) is 5.28. The van der Waals surface area contributed by atoms with Gasteiger partial charge in [0.2, 0.25) is 0 Å². The second-order valence-electron chi connectivity index (χ2n) is 7.36. The SMILES string of the molecule is COC(=O)N1CCC[C@H](n2c(=O)[nH]c3cnc(-c4cnn5ccc(C#N)cc45)nc32)C1. The zero-order valence-electron chi connectivity index (χ0n) is 16.6. The summed E-state index contributed by atoms with van der Waals surface area (Å²) in [6.45, 7) is 0.950. The summed E-state index contributed by atoms with van der Waals surface area (Å²) in [7, 11) is 1.34. The zero-order chi connectivity index (χ0) is 21.5. The average molecular weight is 418 g/mol. The van der Waals surface area contributed by atoms with Crippen molar-refractivity contribution in [2.75, 3.05) is 20.2 Å². The van der Waals surface area contributed by atoms with Crippen LogP contribution in [0.25, 0.3) is 28.1 Å². The monoisotopic (exact) mass is 418 g/mol. The third-order valence-corrected chi connectivity index (χ3v) is 5.54. The van der Waals surface area contributed by atoms with Crippen molar-refractivity contribution < 1.29 is 9.53 Å². The lowest BCUT2D eigenvalue weighted by molar-refractivity contribution is 0.103. The van der Waals surface area contributed by atoms with E-state index in [9.17, 15) is 14.9 Å². The molecule has 1 fully saturated rings. The second-order valence-corrected chi connectivity index (χ2v) is 7.36. The molecule has 0 spiro atoms. The average Bonchev–Trinajstić information content (AvgIpc) is 3.37. The highest BCUT2D eigenvalue weighted by Gasteiger charge is 2.28. The first kappa shape index (κ1) is 18.8. The summed E-state index contributed by atoms with van der Waals surface area (Å²) < 4.78 is 8.06. The van der Waals surface area contributed by atoms with Crippen molar-refractivity contribution in [3.63, 3.8) is 0 Å². The largest absolute Gasteiger partial charge is 0.453 e. The first-order valence-corrected chi connectivity index (χ1v) is 9.77. The molecule has 0 saturated carbocycles. The Morgan fingerprint density at radius 1 is 1.39 bits per heavy atom. The van der Waals surface area contributed by atoms with Gasteiger partial charge in [0.25, 0.3) is 0 Å². The molecular weight excluding hydrogens is 400 g/mol. The Labute approximate surface area is 175 Å². The summed E-state index contributed by atoms with van der Waals surface area (Å²) in [5, 5.41) is 13.5. The molecule has 11 nitrogen and oxygen atoms in total. The van der Waals surface area contributed by atoms with Gasteiger partial charge in [-0.2, -0.15) is 10.4 Å². The number of fused-ring (bicyclic) bond motifs is 2. The minimum atomic E-state index is -0.410. The van der Waals surface area contributed by atoms with Crippen molar-refractivity contribution >= 4 is 22.8 Å². The Kier molecular flexibility index (Phi) is 4.39. The molecule has 5 rings (SSSR count). The van der Waals surface area contributed by atoms with Crippen LogP contribution in [-0.4, -0.2) is 60.3 Å². The smallest absolute Gasteiger partial charge is 0.409 e. The Hall–Kier alpha value is -4.20. The highest BCUT2D eigenvalue weighted by molar-refractivity contribution is 5.80. The molecule has 0 aliphatic carbocycles. The van der Waals surface area contributed by atoms with Gasteiger partial charge in [-0.3, -0.25) is 4.57 Å². The van der Waals surface area contributed by atoms with Crippen LogP contribution in [0.3, 0.4) is 0 Å². The number of carbonyl (C=O) groups is 1. The number of imidazole rings is 1. The summed E-state index contributed by atoms with van der Waals surface area (Å²) in [4.78, 5) is 38.1. The number of H-pyrrole nitrogens is 1. The number of ether oxygens (including phenoxy) is 1. The Morgan fingerprint density at radius 3 is 3.06 bits per heavy atom. The number of pyridine rings is 1. The zero-order valence-corrected chi connectivity index (χ0v) is 16.6. The van der Waals surface area contributed by atoms with Gasteiger partial charge < -0.3 is 14.6 Å². The number of aromatic nitrogens is 6. The lowest BCUT2D eigenvalue weighted by atomic mass is 10.1. The second kappa shape index (κ2) is 7.24. The number of aromatic amines is 1. The molecule has 1 saturated heterocycles. The molecular formula is C20H18N8O3. The molecule has 1 aliphatic heterocycles. The van der Waals surface area contributed by atoms with Gasteiger partial charge in [-0.25, -0.2) is 24.1 Å². The molecule has 1 aliphatic rings. The van der Waals surface area contributed by atoms with Crippen molar-refractivity contribution in [3.05, 3.63) is 46.8 Å². The molecule has 0 unspecified atom stereocenters. The van der Waals surface area contributed by atoms with E-state index in [1.165, 1.54) is 7.11 Å². The minimum absolute atomic E-state index is 0.231. The van der Waals surface area contributed by atoms with Crippen molar-refractivity contribution in [1.29, 1.82) is 5.26 Å². The van der Waals surface area contributed by atoms with E-state index in [-0.39, 0.29) is 11.7 Å². The fourth-order valence-electron chi connectivity index (χ4n) is 4.07. The Morgan fingerprint density at radius 2 is 2.26 bits per heavy atom. The predicted octanol–water partition coefficient (Wildman–Crippen LogP) is 1.71. The first-order valence-electron chi connectivity index (χ1n) is 9.77. The number of piperidine rings is 1. The van der Waals surface area contributed by atoms with Gasteiger partial charge in [0.1, 0.15) is 5.52 Å². The number of nitrogens with one attached hydrogen (secondary N) is 1. The van der Waals surface area contributed by atoms with Crippen molar-refractivity contribution in [2.45, 2.75) is 18.9 Å². The van der Waals surface area contributed by atoms with Crippen LogP contribution in [0.2, 0.25) is 0 Å². The van der Waals surface area contributed by atoms with E-state index in [1.807, 2.05) is 0 Å². The van der Waals surface area contributed by atoms with Crippen molar-refractivity contribution in [1.82, 2.24) is 34.0 Å². The molecule has 0 bridgehead atoms. The number of carbonyl (C=O) groups excluding carboxylic acids is 1. The van der Waals surface area contributed by atoms with Gasteiger partial charge in [0, 0.05) is 19.3 Å². The molecule has 0 aromatic carbocycles. The molecule has 11 heteroatoms. The van der Waals surface area contributed by atoms with E-state index in [2.05, 4.69) is 26.1 Å². The molecule has 1 atom stereocenters. The normalized spacial score (nSPS) is 16.5. The van der Waals surface area contributed by atoms with E-state index in [4.69, 9.17) is 4.74 Å². The molecule has 1 N–H and O–H groups in total. The number of methoxy groups -OCH3 is 1. The highest BCUT2D eigenvalue weighted by Crippen LogP contribution is 2.26. The van der Waals surface area contributed by atoms with Crippen LogP contribution in [-0.2, 0) is 4.74 Å². The predicted molar refractivity (Wildman–Crippen MR) is 109 cm³/mol. The number of amides is 1. The third-order valence-electron chi connectivity index (χ3n) is 5.54. The van der Waals surface area contributed by atoms with Crippen LogP contribution in [0.15, 0.2) is 35.5 Å². The molecule has 5 heterocycles. The van der Waals surface area contributed by atoms with E-state index in [0.29, 0.717) is 46.7 Å². The van der Waals surface area contributed by atoms with Crippen LogP contribution in [0, 0.1) is 11.3 Å². The van der Waals surface area contributed by atoms with Gasteiger partial charge in [0.05, 0.1) is 48.3 Å². The molecule has 4 aromatic rings. The third kappa shape index (κ3) is 3.09. The van der Waals surface area contributed by atoms with Crippen LogP contribution >= 0.6 is 0 Å². The van der Waals surface area contributed by atoms with Crippen LogP contribution in [0.4, 0.5) is 4.79 Å². The number of hydrogen-bond donors (Lipinski definition) is 1. The first-order chi connectivity index (χ1) is 15.1. The fraction of sp³-hybridized carbons (Fsp3) is 0.300. The Bertz CT molecular complexity index is 1410. The van der Waals surface area contributed by atoms with Gasteiger partial charge in [-0.05, 0) is 25.0 Å². The Balaban J connectivity index is 1.61. The van der Waals surface area contributed by atoms with Gasteiger partial charge in [0.15, 0.2) is 11.5 Å². The molecule has 0 radical (unpaired) electrons. The summed E-state index contributed by atoms with van der Waals surface area (Å²) >= 11 is 0. The van der Waals surface area contributed by atoms with Crippen LogP contribution in [0.1, 0.15) is 24.4 Å². The number of nitriles is 1. The fourth-order valence-corrected chi connectivity index (χ4v) is 4.07. The van der Waals surface area contributed by atoms with Crippen LogP contribution < -0.4 is 5.69 Å². The molecule has 156 valence electrons. The number of nitrogens with zero attached hydrogens (tertiary/aromatic N) is 7. The summed E-state index contributed by atoms with van der Waals surface area (Å²) in [5.41, 5.74) is 2.51. The maximum atomic E-state index is 12.7. The van der Waals surface area contributed by atoms with Crippen LogP contribution in [0.5, 0.6) is 0 Å². The van der Waals surface area contributed by atoms with Gasteiger partial charge >= 0.3 is 11.8 Å². The minimum Gasteiger partial charge on any atom is -0.453 e. The standard InChI is InChI=1S/C20H18N8O3/c1-31-20(30)26-5-2-3-13(11-26)28-18-15(24-19(28)29)10-22-17(25-18)14-9-23-27-6-4-12(8-21)7-16(14)27/h4,6-7,9-10,13H,2-3,5,11H2,1H3,(H,24,29)/t13-/m0/s1. The highest BCUT2D eigenvalue weighted by atomic mass is 16.5. The van der Waals surface area contributed by atoms with Crippen molar-refractivity contribution in [3.8, 4) is 17.5 Å². The van der Waals surface area contributed by atoms with Gasteiger partial charge in [-0.15, -0.1) is 0 Å². The van der Waals surface area contributed by atoms with Crippen molar-refractivity contribution in [2.24, 2.45) is 0 Å². The van der Waals surface area contributed by atoms with E-state index < -0.39 is 6.09 Å². The maximum Gasteiger partial charge on any atom is 0.409 e. The number of rotatable bonds is 2. The maximum absolute atomic E-state index is 12.7. The topological polar surface area (TPSA) is 134 Å². The van der Waals surface area contributed by atoms with E-state index >= 15 is 0 Å². The summed E-state index contributed by atoms with van der Waals surface area (Å²) in [6.07, 6.45) is 5.98. The quantitative estimate of drug-likeness (QED) is 0.524. The lowest BCUT2D eigenvalue weighted by Crippen LogP contribution is -2.42. The number of hydrogen-bond acceptors (Lipinski definition) is 7. The summed E-state index contributed by atoms with van der Waals surface area (Å²) in [5.74, 6) is 0.394. The van der Waals surface area contributed by atoms with E-state index in [1.54, 1.807) is 44.7 Å². The number of likely N-dealkylation sites (tertiary alicyclic amines) is 1. The lowest BCUT2D eigenvalue weighted by Gasteiger charge is -2.32. The van der Waals surface area contributed by atoms with Gasteiger partial charge in [-0.1, -0.05) is 0 Å². The van der Waals surface area contributed by atoms with E-state index in [0.717, 1.165) is 12.8 Å². The molecule has 4 aromatic heterocycles.